The molecular formula is C17H17FN2O2. The van der Waals surface area contributed by atoms with Gasteiger partial charge in [-0.3, -0.25) is 0 Å². The second-order valence-electron chi connectivity index (χ2n) is 4.53. The van der Waals surface area contributed by atoms with Crippen LogP contribution in [0, 0.1) is 5.82 Å². The Balaban J connectivity index is 1.83. The van der Waals surface area contributed by atoms with Crippen LogP contribution in [0.5, 0.6) is 5.75 Å². The van der Waals surface area contributed by atoms with Crippen LogP contribution < -0.4 is 15.4 Å². The molecule has 0 fully saturated rings. The molecule has 0 saturated carbocycles. The van der Waals surface area contributed by atoms with Gasteiger partial charge in [0, 0.05) is 18.3 Å². The number of urea groups is 1. The standard InChI is InChI=1S/C17H17FN2O2/c1-22-16-8-3-2-6-14(16)9-10-19-17(21)20-12-13-5-4-7-15(18)11-13/h2-11H,12H2,1H3,(H2,19,20,21)/b10-9+. The van der Waals surface area contributed by atoms with Crippen molar-refractivity contribution in [2.75, 3.05) is 7.11 Å². The van der Waals surface area contributed by atoms with E-state index < -0.39 is 0 Å². The first-order valence-electron chi connectivity index (χ1n) is 6.77. The SMILES string of the molecule is COc1ccccc1/C=C/NC(=O)NCc1cccc(F)c1. The summed E-state index contributed by atoms with van der Waals surface area (Å²) in [6, 6.07) is 13.2. The van der Waals surface area contributed by atoms with Gasteiger partial charge in [-0.05, 0) is 29.8 Å². The molecule has 0 saturated heterocycles. The molecule has 0 aliphatic carbocycles. The van der Waals surface area contributed by atoms with Gasteiger partial charge in [-0.25, -0.2) is 9.18 Å². The molecule has 5 heteroatoms. The molecule has 0 bridgehead atoms. The van der Waals surface area contributed by atoms with Crippen LogP contribution in [0.1, 0.15) is 11.1 Å². The van der Waals surface area contributed by atoms with E-state index in [1.54, 1.807) is 25.3 Å². The lowest BCUT2D eigenvalue weighted by Gasteiger charge is -2.06. The summed E-state index contributed by atoms with van der Waals surface area (Å²) < 4.78 is 18.2. The van der Waals surface area contributed by atoms with Gasteiger partial charge in [0.2, 0.25) is 0 Å². The summed E-state index contributed by atoms with van der Waals surface area (Å²) in [6.07, 6.45) is 3.26. The maximum absolute atomic E-state index is 13.0. The maximum atomic E-state index is 13.0. The lowest BCUT2D eigenvalue weighted by molar-refractivity contribution is 0.244. The number of hydrogen-bond acceptors (Lipinski definition) is 2. The molecule has 0 aliphatic rings. The van der Waals surface area contributed by atoms with E-state index >= 15 is 0 Å². The van der Waals surface area contributed by atoms with E-state index in [0.717, 1.165) is 11.3 Å². The van der Waals surface area contributed by atoms with Crippen LogP contribution >= 0.6 is 0 Å². The Morgan fingerprint density at radius 2 is 2.05 bits per heavy atom. The first kappa shape index (κ1) is 15.6. The minimum Gasteiger partial charge on any atom is -0.496 e. The van der Waals surface area contributed by atoms with E-state index in [1.807, 2.05) is 24.3 Å². The summed E-state index contributed by atoms with van der Waals surface area (Å²) in [7, 11) is 1.59. The molecule has 0 unspecified atom stereocenters. The smallest absolute Gasteiger partial charge is 0.319 e. The number of carbonyl (C=O) groups is 1. The fourth-order valence-corrected chi connectivity index (χ4v) is 1.89. The molecule has 22 heavy (non-hydrogen) atoms. The second kappa shape index (κ2) is 7.83. The number of para-hydroxylation sites is 1. The van der Waals surface area contributed by atoms with Gasteiger partial charge in [-0.15, -0.1) is 0 Å². The van der Waals surface area contributed by atoms with Crippen molar-refractivity contribution in [2.24, 2.45) is 0 Å². The zero-order valence-electron chi connectivity index (χ0n) is 12.2. The number of rotatable bonds is 5. The maximum Gasteiger partial charge on any atom is 0.319 e. The number of nitrogens with one attached hydrogen (secondary N) is 2. The van der Waals surface area contributed by atoms with Crippen molar-refractivity contribution in [3.05, 3.63) is 71.7 Å². The van der Waals surface area contributed by atoms with Crippen LogP contribution in [0.3, 0.4) is 0 Å². The van der Waals surface area contributed by atoms with Crippen LogP contribution in [0.15, 0.2) is 54.7 Å². The average Bonchev–Trinajstić information content (AvgIpc) is 2.53. The monoisotopic (exact) mass is 300 g/mol. The van der Waals surface area contributed by atoms with Gasteiger partial charge < -0.3 is 15.4 Å². The normalized spacial score (nSPS) is 10.5. The van der Waals surface area contributed by atoms with E-state index in [1.165, 1.54) is 18.3 Å². The summed E-state index contributed by atoms with van der Waals surface area (Å²) in [6.45, 7) is 0.256. The number of carbonyl (C=O) groups excluding carboxylic acids is 1. The molecule has 4 nitrogen and oxygen atoms in total. The highest BCUT2D eigenvalue weighted by atomic mass is 19.1. The number of benzene rings is 2. The van der Waals surface area contributed by atoms with Gasteiger partial charge in [0.05, 0.1) is 7.11 Å². The number of ether oxygens (including phenoxy) is 1. The van der Waals surface area contributed by atoms with Crippen LogP contribution in [0.4, 0.5) is 9.18 Å². The molecule has 0 heterocycles. The van der Waals surface area contributed by atoms with E-state index in [2.05, 4.69) is 10.6 Å². The molecule has 2 N–H and O–H groups in total. The van der Waals surface area contributed by atoms with Gasteiger partial charge in [0.25, 0.3) is 0 Å². The zero-order valence-corrected chi connectivity index (χ0v) is 12.2. The van der Waals surface area contributed by atoms with Crippen molar-refractivity contribution in [1.82, 2.24) is 10.6 Å². The lowest BCUT2D eigenvalue weighted by atomic mass is 10.2. The molecular weight excluding hydrogens is 283 g/mol. The van der Waals surface area contributed by atoms with Crippen molar-refractivity contribution in [3.63, 3.8) is 0 Å². The predicted octanol–water partition coefficient (Wildman–Crippen LogP) is 3.30. The van der Waals surface area contributed by atoms with Gasteiger partial charge in [0.1, 0.15) is 11.6 Å². The molecule has 0 aromatic heterocycles. The van der Waals surface area contributed by atoms with Crippen molar-refractivity contribution >= 4 is 12.1 Å². The third kappa shape index (κ3) is 4.63. The summed E-state index contributed by atoms with van der Waals surface area (Å²) in [5.74, 6) is 0.400. The highest BCUT2D eigenvalue weighted by molar-refractivity contribution is 5.76. The number of amides is 2. The van der Waals surface area contributed by atoms with E-state index in [0.29, 0.717) is 5.56 Å². The fraction of sp³-hybridized carbons (Fsp3) is 0.118. The van der Waals surface area contributed by atoms with Gasteiger partial charge in [-0.1, -0.05) is 30.3 Å². The molecule has 0 spiro atoms. The molecule has 2 aromatic carbocycles. The summed E-state index contributed by atoms with van der Waals surface area (Å²) in [5.41, 5.74) is 1.55. The summed E-state index contributed by atoms with van der Waals surface area (Å²) in [5, 5.41) is 5.23. The summed E-state index contributed by atoms with van der Waals surface area (Å²) >= 11 is 0. The fourth-order valence-electron chi connectivity index (χ4n) is 1.89. The highest BCUT2D eigenvalue weighted by Crippen LogP contribution is 2.18. The van der Waals surface area contributed by atoms with Crippen molar-refractivity contribution in [3.8, 4) is 5.75 Å². The number of hydrogen-bond donors (Lipinski definition) is 2. The lowest BCUT2D eigenvalue weighted by Crippen LogP contribution is -2.31. The Kier molecular flexibility index (Phi) is 5.54. The van der Waals surface area contributed by atoms with Gasteiger partial charge in [0.15, 0.2) is 0 Å². The minimum atomic E-state index is -0.365. The molecule has 2 amide bonds. The van der Waals surface area contributed by atoms with E-state index in [9.17, 15) is 9.18 Å². The Labute approximate surface area is 128 Å². The molecule has 0 radical (unpaired) electrons. The molecule has 0 aliphatic heterocycles. The summed E-state index contributed by atoms with van der Waals surface area (Å²) in [4.78, 5) is 11.6. The van der Waals surface area contributed by atoms with E-state index in [-0.39, 0.29) is 18.4 Å². The van der Waals surface area contributed by atoms with Crippen molar-refractivity contribution < 1.29 is 13.9 Å². The topological polar surface area (TPSA) is 50.4 Å². The highest BCUT2D eigenvalue weighted by Gasteiger charge is 2.00. The Morgan fingerprint density at radius 1 is 1.23 bits per heavy atom. The number of halogens is 1. The zero-order chi connectivity index (χ0) is 15.8. The first-order chi connectivity index (χ1) is 10.7. The van der Waals surface area contributed by atoms with Gasteiger partial charge >= 0.3 is 6.03 Å². The Morgan fingerprint density at radius 3 is 2.82 bits per heavy atom. The van der Waals surface area contributed by atoms with Crippen LogP contribution in [0.25, 0.3) is 6.08 Å². The van der Waals surface area contributed by atoms with Crippen LogP contribution in [0.2, 0.25) is 0 Å². The third-order valence-corrected chi connectivity index (χ3v) is 2.96. The molecule has 2 rings (SSSR count). The van der Waals surface area contributed by atoms with Crippen LogP contribution in [-0.2, 0) is 6.54 Å². The molecule has 114 valence electrons. The molecule has 2 aromatic rings. The van der Waals surface area contributed by atoms with Gasteiger partial charge in [-0.2, -0.15) is 0 Å². The van der Waals surface area contributed by atoms with E-state index in [4.69, 9.17) is 4.74 Å². The largest absolute Gasteiger partial charge is 0.496 e. The predicted molar refractivity (Wildman–Crippen MR) is 83.8 cm³/mol. The third-order valence-electron chi connectivity index (χ3n) is 2.96. The average molecular weight is 300 g/mol. The van der Waals surface area contributed by atoms with Crippen molar-refractivity contribution in [2.45, 2.75) is 6.54 Å². The second-order valence-corrected chi connectivity index (χ2v) is 4.53. The molecule has 0 atom stereocenters. The number of methoxy groups -OCH3 is 1. The van der Waals surface area contributed by atoms with Crippen molar-refractivity contribution in [1.29, 1.82) is 0 Å². The Hall–Kier alpha value is -2.82. The van der Waals surface area contributed by atoms with Crippen LogP contribution in [-0.4, -0.2) is 13.1 Å². The minimum absolute atomic E-state index is 0.256. The Bertz CT molecular complexity index is 671. The quantitative estimate of drug-likeness (QED) is 0.890. The first-order valence-corrected chi connectivity index (χ1v) is 6.77.